The quantitative estimate of drug-likeness (QED) is 0.393. The van der Waals surface area contributed by atoms with Crippen LogP contribution in [0.5, 0.6) is 0 Å². The molecule has 1 heterocycles. The largest absolute Gasteiger partial charge is 0.394 e. The molecule has 1 rings (SSSR count). The molecule has 0 aromatic heterocycles. The first-order chi connectivity index (χ1) is 11.1. The van der Waals surface area contributed by atoms with Crippen molar-refractivity contribution < 1.29 is 29.9 Å². The summed E-state index contributed by atoms with van der Waals surface area (Å²) in [6.07, 6.45) is 0.182. The lowest BCUT2D eigenvalue weighted by molar-refractivity contribution is -0.272. The van der Waals surface area contributed by atoms with Gasteiger partial charge in [0, 0.05) is 6.42 Å². The maximum Gasteiger partial charge on any atom is 0.161 e. The van der Waals surface area contributed by atoms with E-state index in [1.807, 2.05) is 0 Å². The highest BCUT2D eigenvalue weighted by molar-refractivity contribution is 4.82. The normalized spacial score (nSPS) is 27.7. The second-order valence-electron chi connectivity index (χ2n) is 4.74. The fraction of sp³-hybridized carbons (Fsp3) is 0.647. The number of aliphatic hydroxyl groups is 4. The molecular formula is C17H32O6. The van der Waals surface area contributed by atoms with Crippen LogP contribution in [0.2, 0.25) is 0 Å². The average molecular weight is 332 g/mol. The number of ether oxygens (including phenoxy) is 2. The van der Waals surface area contributed by atoms with Gasteiger partial charge >= 0.3 is 0 Å². The van der Waals surface area contributed by atoms with Crippen LogP contribution in [0.1, 0.15) is 25.7 Å². The van der Waals surface area contributed by atoms with Crippen LogP contribution in [0.4, 0.5) is 0 Å². The van der Waals surface area contributed by atoms with Gasteiger partial charge in [-0.15, -0.1) is 32.9 Å². The second kappa shape index (κ2) is 15.9. The van der Waals surface area contributed by atoms with Crippen molar-refractivity contribution in [2.24, 2.45) is 0 Å². The summed E-state index contributed by atoms with van der Waals surface area (Å²) in [6, 6.07) is 0. The van der Waals surface area contributed by atoms with E-state index in [4.69, 9.17) is 14.6 Å². The predicted molar refractivity (Wildman–Crippen MR) is 90.9 cm³/mol. The summed E-state index contributed by atoms with van der Waals surface area (Å²) in [5.41, 5.74) is 0. The summed E-state index contributed by atoms with van der Waals surface area (Å²) in [5, 5.41) is 37.5. The lowest BCUT2D eigenvalue weighted by atomic mass is 10.0. The van der Waals surface area contributed by atoms with Gasteiger partial charge in [0.2, 0.25) is 0 Å². The Balaban J connectivity index is 0. The Bertz CT molecular complexity index is 284. The summed E-state index contributed by atoms with van der Waals surface area (Å²) in [5.74, 6) is 0. The standard InChI is InChI=1S/C13H24O6.2C2H4/c1-2-3-4-5-9(7-14)18-12-6-10(16)13(17)11(8-15)19-12;2*1-2/h2,9-17H,1,3-8H2;2*1-2H2/t9?,10?,11?,12?,13-;;/m0../s1. The zero-order chi connectivity index (χ0) is 18.3. The second-order valence-corrected chi connectivity index (χ2v) is 4.74. The summed E-state index contributed by atoms with van der Waals surface area (Å²) < 4.78 is 10.9. The number of hydrogen-bond donors (Lipinski definition) is 4. The molecule has 0 saturated carbocycles. The Morgan fingerprint density at radius 2 is 1.78 bits per heavy atom. The Hall–Kier alpha value is -1.02. The number of hydrogen-bond acceptors (Lipinski definition) is 6. The van der Waals surface area contributed by atoms with Gasteiger partial charge in [-0.3, -0.25) is 0 Å². The number of aliphatic hydroxyl groups excluding tert-OH is 4. The van der Waals surface area contributed by atoms with E-state index in [-0.39, 0.29) is 19.1 Å². The smallest absolute Gasteiger partial charge is 0.161 e. The molecule has 0 spiro atoms. The minimum absolute atomic E-state index is 0.121. The lowest BCUT2D eigenvalue weighted by Crippen LogP contribution is -2.51. The molecule has 0 aliphatic carbocycles. The van der Waals surface area contributed by atoms with Crippen molar-refractivity contribution in [1.82, 2.24) is 0 Å². The van der Waals surface area contributed by atoms with E-state index in [1.54, 1.807) is 6.08 Å². The first-order valence-electron chi connectivity index (χ1n) is 7.62. The van der Waals surface area contributed by atoms with Gasteiger partial charge < -0.3 is 29.9 Å². The minimum atomic E-state index is -1.11. The van der Waals surface area contributed by atoms with Crippen LogP contribution in [0.15, 0.2) is 39.0 Å². The highest BCUT2D eigenvalue weighted by Crippen LogP contribution is 2.23. The Kier molecular flexibility index (Phi) is 16.7. The number of unbranched alkanes of at least 4 members (excludes halogenated alkanes) is 1. The fourth-order valence-corrected chi connectivity index (χ4v) is 2.06. The molecule has 136 valence electrons. The van der Waals surface area contributed by atoms with E-state index >= 15 is 0 Å². The topological polar surface area (TPSA) is 99.4 Å². The molecule has 1 fully saturated rings. The Morgan fingerprint density at radius 1 is 1.17 bits per heavy atom. The van der Waals surface area contributed by atoms with Crippen molar-refractivity contribution in [3.8, 4) is 0 Å². The average Bonchev–Trinajstić information content (AvgIpc) is 2.60. The molecule has 1 aliphatic rings. The lowest BCUT2D eigenvalue weighted by Gasteiger charge is -2.37. The van der Waals surface area contributed by atoms with Gasteiger partial charge in [-0.1, -0.05) is 6.08 Å². The molecule has 1 aliphatic heterocycles. The van der Waals surface area contributed by atoms with Crippen LogP contribution in [-0.2, 0) is 9.47 Å². The molecule has 0 aromatic rings. The van der Waals surface area contributed by atoms with E-state index in [9.17, 15) is 15.3 Å². The number of rotatable bonds is 8. The first kappa shape index (κ1) is 24.2. The van der Waals surface area contributed by atoms with Gasteiger partial charge in [0.1, 0.15) is 12.2 Å². The van der Waals surface area contributed by atoms with Gasteiger partial charge in [-0.05, 0) is 19.3 Å². The molecule has 4 N–H and O–H groups in total. The van der Waals surface area contributed by atoms with E-state index < -0.39 is 31.2 Å². The zero-order valence-electron chi connectivity index (χ0n) is 13.8. The van der Waals surface area contributed by atoms with Crippen molar-refractivity contribution in [2.75, 3.05) is 13.2 Å². The maximum atomic E-state index is 9.65. The third kappa shape index (κ3) is 9.65. The molecule has 0 bridgehead atoms. The third-order valence-corrected chi connectivity index (χ3v) is 3.20. The molecule has 0 radical (unpaired) electrons. The zero-order valence-corrected chi connectivity index (χ0v) is 13.8. The third-order valence-electron chi connectivity index (χ3n) is 3.20. The number of allylic oxidation sites excluding steroid dienone is 1. The van der Waals surface area contributed by atoms with Crippen LogP contribution in [0.3, 0.4) is 0 Å². The van der Waals surface area contributed by atoms with Crippen molar-refractivity contribution in [3.05, 3.63) is 39.0 Å². The van der Waals surface area contributed by atoms with Crippen molar-refractivity contribution in [1.29, 1.82) is 0 Å². The first-order valence-corrected chi connectivity index (χ1v) is 7.62. The fourth-order valence-electron chi connectivity index (χ4n) is 2.06. The van der Waals surface area contributed by atoms with Crippen LogP contribution in [0, 0.1) is 0 Å². The van der Waals surface area contributed by atoms with Crippen molar-refractivity contribution in [2.45, 2.75) is 56.4 Å². The van der Waals surface area contributed by atoms with Crippen LogP contribution < -0.4 is 0 Å². The van der Waals surface area contributed by atoms with E-state index in [0.29, 0.717) is 6.42 Å². The van der Waals surface area contributed by atoms with E-state index in [1.165, 1.54) is 0 Å². The molecule has 4 unspecified atom stereocenters. The predicted octanol–water partition coefficient (Wildman–Crippen LogP) is 1.15. The maximum absolute atomic E-state index is 9.65. The summed E-state index contributed by atoms with van der Waals surface area (Å²) in [4.78, 5) is 0. The molecule has 6 heteroatoms. The van der Waals surface area contributed by atoms with Gasteiger partial charge in [0.25, 0.3) is 0 Å². The van der Waals surface area contributed by atoms with E-state index in [0.717, 1.165) is 12.8 Å². The molecule has 1 saturated heterocycles. The van der Waals surface area contributed by atoms with Gasteiger partial charge in [-0.2, -0.15) is 0 Å². The molecule has 0 amide bonds. The minimum Gasteiger partial charge on any atom is -0.394 e. The molecule has 23 heavy (non-hydrogen) atoms. The summed E-state index contributed by atoms with van der Waals surface area (Å²) in [6.45, 7) is 15.1. The SMILES string of the molecule is C=C.C=C.C=CCCCC(CO)OC1CC(O)[C@H](O)C(CO)O1. The van der Waals surface area contributed by atoms with Gasteiger partial charge in [0.05, 0.1) is 25.4 Å². The molecular weight excluding hydrogens is 300 g/mol. The Labute approximate surface area is 139 Å². The Morgan fingerprint density at radius 3 is 2.26 bits per heavy atom. The van der Waals surface area contributed by atoms with Crippen molar-refractivity contribution in [3.63, 3.8) is 0 Å². The molecule has 6 nitrogen and oxygen atoms in total. The molecule has 5 atom stereocenters. The molecule has 0 aromatic carbocycles. The monoisotopic (exact) mass is 332 g/mol. The van der Waals surface area contributed by atoms with E-state index in [2.05, 4.69) is 32.9 Å². The van der Waals surface area contributed by atoms with Gasteiger partial charge in [-0.25, -0.2) is 0 Å². The highest BCUT2D eigenvalue weighted by Gasteiger charge is 2.37. The van der Waals surface area contributed by atoms with Gasteiger partial charge in [0.15, 0.2) is 6.29 Å². The van der Waals surface area contributed by atoms with Crippen LogP contribution in [0.25, 0.3) is 0 Å². The van der Waals surface area contributed by atoms with Crippen LogP contribution >= 0.6 is 0 Å². The summed E-state index contributed by atoms with van der Waals surface area (Å²) in [7, 11) is 0. The summed E-state index contributed by atoms with van der Waals surface area (Å²) >= 11 is 0. The highest BCUT2D eigenvalue weighted by atomic mass is 16.7. The van der Waals surface area contributed by atoms with Crippen LogP contribution in [-0.4, -0.2) is 64.3 Å². The van der Waals surface area contributed by atoms with Crippen molar-refractivity contribution >= 4 is 0 Å².